The zero-order valence-corrected chi connectivity index (χ0v) is 14.3. The van der Waals surface area contributed by atoms with Crippen molar-refractivity contribution in [1.29, 1.82) is 0 Å². The Hall–Kier alpha value is -2.83. The van der Waals surface area contributed by atoms with Crippen LogP contribution in [0.2, 0.25) is 0 Å². The van der Waals surface area contributed by atoms with E-state index in [1.807, 2.05) is 34.0 Å². The van der Waals surface area contributed by atoms with Gasteiger partial charge in [-0.3, -0.25) is 0 Å². The first-order valence-corrected chi connectivity index (χ1v) is 8.75. The number of hydrogen-bond acceptors (Lipinski definition) is 3. The third-order valence-corrected chi connectivity index (χ3v) is 4.86. The summed E-state index contributed by atoms with van der Waals surface area (Å²) in [7, 11) is 0. The minimum atomic E-state index is -0.0567. The molecule has 1 N–H and O–H groups in total. The molecule has 2 amide bonds. The first-order chi connectivity index (χ1) is 12.2. The van der Waals surface area contributed by atoms with Crippen LogP contribution >= 0.6 is 0 Å². The number of nitrogens with zero attached hydrogens (tertiary/aromatic N) is 5. The van der Waals surface area contributed by atoms with Gasteiger partial charge in [-0.2, -0.15) is 0 Å². The number of hydrogen-bond donors (Lipinski definition) is 1. The molecule has 7 heteroatoms. The molecule has 3 aromatic rings. The summed E-state index contributed by atoms with van der Waals surface area (Å²) >= 11 is 0. The summed E-state index contributed by atoms with van der Waals surface area (Å²) in [6.45, 7) is 4.45. The lowest BCUT2D eigenvalue weighted by atomic mass is 10.1. The Kier molecular flexibility index (Phi) is 4.13. The van der Waals surface area contributed by atoms with Gasteiger partial charge in [0.15, 0.2) is 0 Å². The van der Waals surface area contributed by atoms with Crippen molar-refractivity contribution >= 4 is 22.6 Å². The lowest BCUT2D eigenvalue weighted by molar-refractivity contribution is 0.174. The number of rotatable bonds is 3. The summed E-state index contributed by atoms with van der Waals surface area (Å²) < 4.78 is 4.02. The molecule has 1 aromatic carbocycles. The Bertz CT molecular complexity index is 869. The van der Waals surface area contributed by atoms with Crippen LogP contribution in [0.25, 0.3) is 10.9 Å². The topological polar surface area (TPSA) is 68.0 Å². The number of aryl methyl sites for hydroxylation is 1. The predicted molar refractivity (Wildman–Crippen MR) is 96.5 cm³/mol. The lowest BCUT2D eigenvalue weighted by Gasteiger charge is -2.32. The van der Waals surface area contributed by atoms with E-state index in [2.05, 4.69) is 39.4 Å². The first kappa shape index (κ1) is 15.7. The number of carbonyl (C=O) groups excluding carboxylic acids is 1. The molecule has 1 saturated heterocycles. The minimum absolute atomic E-state index is 0.0567. The Labute approximate surface area is 146 Å². The highest BCUT2D eigenvalue weighted by Crippen LogP contribution is 2.23. The molecule has 0 spiro atoms. The summed E-state index contributed by atoms with van der Waals surface area (Å²) in [5.41, 5.74) is 1.97. The van der Waals surface area contributed by atoms with Crippen molar-refractivity contribution in [1.82, 2.24) is 24.5 Å². The predicted octanol–water partition coefficient (Wildman–Crippen LogP) is 3.12. The van der Waals surface area contributed by atoms with E-state index in [4.69, 9.17) is 0 Å². The molecule has 7 nitrogen and oxygen atoms in total. The number of fused-ring (bicyclic) bond motifs is 1. The molecular formula is C18H22N6O. The Morgan fingerprint density at radius 1 is 1.32 bits per heavy atom. The summed E-state index contributed by atoms with van der Waals surface area (Å²) in [4.78, 5) is 14.5. The zero-order chi connectivity index (χ0) is 17.2. The van der Waals surface area contributed by atoms with Crippen molar-refractivity contribution in [3.05, 3.63) is 42.9 Å². The van der Waals surface area contributed by atoms with Crippen LogP contribution in [0.15, 0.2) is 42.9 Å². The molecule has 1 aliphatic rings. The minimum Gasteiger partial charge on any atom is -0.348 e. The van der Waals surface area contributed by atoms with Crippen molar-refractivity contribution in [3.63, 3.8) is 0 Å². The zero-order valence-electron chi connectivity index (χ0n) is 14.3. The Morgan fingerprint density at radius 2 is 2.24 bits per heavy atom. The highest BCUT2D eigenvalue weighted by Gasteiger charge is 2.25. The van der Waals surface area contributed by atoms with Crippen molar-refractivity contribution < 1.29 is 4.79 Å². The van der Waals surface area contributed by atoms with Gasteiger partial charge in [0, 0.05) is 37.7 Å². The highest BCUT2D eigenvalue weighted by molar-refractivity contribution is 5.93. The fourth-order valence-corrected chi connectivity index (χ4v) is 3.51. The molecule has 1 fully saturated rings. The first-order valence-electron chi connectivity index (χ1n) is 8.75. The summed E-state index contributed by atoms with van der Waals surface area (Å²) in [5, 5.41) is 12.2. The second-order valence-electron chi connectivity index (χ2n) is 6.43. The summed E-state index contributed by atoms with van der Waals surface area (Å²) in [6.07, 6.45) is 7.60. The number of carbonyl (C=O) groups is 1. The van der Waals surface area contributed by atoms with E-state index in [0.29, 0.717) is 6.54 Å². The van der Waals surface area contributed by atoms with E-state index in [0.717, 1.165) is 37.1 Å². The van der Waals surface area contributed by atoms with Crippen LogP contribution < -0.4 is 5.32 Å². The molecule has 1 atom stereocenters. The van der Waals surface area contributed by atoms with Crippen molar-refractivity contribution in [2.24, 2.45) is 0 Å². The average molecular weight is 338 g/mol. The van der Waals surface area contributed by atoms with Crippen molar-refractivity contribution in [2.45, 2.75) is 32.4 Å². The number of benzene rings is 1. The highest BCUT2D eigenvalue weighted by atomic mass is 16.2. The number of anilines is 1. The maximum Gasteiger partial charge on any atom is 0.321 e. The van der Waals surface area contributed by atoms with Crippen LogP contribution in [0, 0.1) is 0 Å². The fourth-order valence-electron chi connectivity index (χ4n) is 3.51. The van der Waals surface area contributed by atoms with Crippen LogP contribution in [0.5, 0.6) is 0 Å². The van der Waals surface area contributed by atoms with Gasteiger partial charge in [-0.1, -0.05) is 11.3 Å². The average Bonchev–Trinajstić information content (AvgIpc) is 3.31. The van der Waals surface area contributed by atoms with Gasteiger partial charge >= 0.3 is 6.03 Å². The maximum atomic E-state index is 12.7. The van der Waals surface area contributed by atoms with Crippen molar-refractivity contribution in [2.75, 3.05) is 18.4 Å². The van der Waals surface area contributed by atoms with Gasteiger partial charge in [0.1, 0.15) is 0 Å². The molecule has 2 aromatic heterocycles. The van der Waals surface area contributed by atoms with E-state index in [-0.39, 0.29) is 12.1 Å². The molecule has 3 heterocycles. The van der Waals surface area contributed by atoms with Crippen molar-refractivity contribution in [3.8, 4) is 0 Å². The second kappa shape index (κ2) is 6.58. The van der Waals surface area contributed by atoms with Gasteiger partial charge in [-0.15, -0.1) is 5.10 Å². The van der Waals surface area contributed by atoms with Gasteiger partial charge < -0.3 is 14.8 Å². The standard InChI is InChI=1S/C18H22N6O/c1-2-22-10-7-14-5-6-15(12-17(14)22)20-18(25)23-9-3-4-16(13-23)24-11-8-19-21-24/h5-8,10-12,16H,2-4,9,13H2,1H3,(H,20,25)/t16-/m0/s1. The lowest BCUT2D eigenvalue weighted by Crippen LogP contribution is -2.43. The van der Waals surface area contributed by atoms with Gasteiger partial charge in [0.05, 0.1) is 17.8 Å². The van der Waals surface area contributed by atoms with E-state index in [1.54, 1.807) is 6.20 Å². The van der Waals surface area contributed by atoms with Gasteiger partial charge in [0.2, 0.25) is 0 Å². The number of piperidine rings is 1. The second-order valence-corrected chi connectivity index (χ2v) is 6.43. The summed E-state index contributed by atoms with van der Waals surface area (Å²) in [6, 6.07) is 8.28. The SMILES string of the molecule is CCn1ccc2ccc(NC(=O)N3CCC[C@H](n4ccnn4)C3)cc21. The number of aromatic nitrogens is 4. The molecular weight excluding hydrogens is 316 g/mol. The molecule has 130 valence electrons. The van der Waals surface area contributed by atoms with Crippen LogP contribution in [0.3, 0.4) is 0 Å². The van der Waals surface area contributed by atoms with Gasteiger partial charge in [-0.25, -0.2) is 9.48 Å². The van der Waals surface area contributed by atoms with E-state index in [1.165, 1.54) is 5.39 Å². The van der Waals surface area contributed by atoms with Crippen LogP contribution in [-0.2, 0) is 6.54 Å². The molecule has 0 radical (unpaired) electrons. The van der Waals surface area contributed by atoms with E-state index in [9.17, 15) is 4.79 Å². The molecule has 4 rings (SSSR count). The summed E-state index contributed by atoms with van der Waals surface area (Å²) in [5.74, 6) is 0. The molecule has 1 aliphatic heterocycles. The van der Waals surface area contributed by atoms with Crippen LogP contribution in [-0.4, -0.2) is 43.6 Å². The largest absolute Gasteiger partial charge is 0.348 e. The van der Waals surface area contributed by atoms with E-state index < -0.39 is 0 Å². The number of likely N-dealkylation sites (tertiary alicyclic amines) is 1. The molecule has 0 saturated carbocycles. The normalized spacial score (nSPS) is 17.8. The maximum absolute atomic E-state index is 12.7. The molecule has 0 unspecified atom stereocenters. The number of urea groups is 1. The fraction of sp³-hybridized carbons (Fsp3) is 0.389. The smallest absolute Gasteiger partial charge is 0.321 e. The van der Waals surface area contributed by atoms with E-state index >= 15 is 0 Å². The number of nitrogens with one attached hydrogen (secondary N) is 1. The Morgan fingerprint density at radius 3 is 3.04 bits per heavy atom. The van der Waals surface area contributed by atoms with Crippen LogP contribution in [0.1, 0.15) is 25.8 Å². The quantitative estimate of drug-likeness (QED) is 0.798. The third-order valence-electron chi connectivity index (χ3n) is 4.86. The monoisotopic (exact) mass is 338 g/mol. The molecule has 25 heavy (non-hydrogen) atoms. The number of amides is 2. The van der Waals surface area contributed by atoms with Gasteiger partial charge in [-0.05, 0) is 43.4 Å². The Balaban J connectivity index is 1.47. The van der Waals surface area contributed by atoms with Crippen LogP contribution in [0.4, 0.5) is 10.5 Å². The van der Waals surface area contributed by atoms with Gasteiger partial charge in [0.25, 0.3) is 0 Å². The third kappa shape index (κ3) is 3.09. The molecule has 0 bridgehead atoms. The molecule has 0 aliphatic carbocycles.